The summed E-state index contributed by atoms with van der Waals surface area (Å²) in [5, 5.41) is 2.50. The molecule has 0 aliphatic heterocycles. The van der Waals surface area contributed by atoms with Gasteiger partial charge in [0.1, 0.15) is 5.75 Å². The molecule has 0 aliphatic rings. The minimum Gasteiger partial charge on any atom is -0.482 e. The molecular weight excluding hydrogens is 272 g/mol. The maximum Gasteiger partial charge on any atom is 0.257 e. The second-order valence-corrected chi connectivity index (χ2v) is 4.08. The molecule has 0 unspecified atom stereocenters. The van der Waals surface area contributed by atoms with E-state index in [-0.39, 0.29) is 12.5 Å². The predicted octanol–water partition coefficient (Wildman–Crippen LogP) is 1.08. The third kappa shape index (κ3) is 3.50. The van der Waals surface area contributed by atoms with Gasteiger partial charge in [-0.3, -0.25) is 4.79 Å². The minimum absolute atomic E-state index is 0.0106. The van der Waals surface area contributed by atoms with Crippen molar-refractivity contribution in [2.45, 2.75) is 6.42 Å². The van der Waals surface area contributed by atoms with Gasteiger partial charge in [-0.15, -0.1) is 0 Å². The summed E-state index contributed by atoms with van der Waals surface area (Å²) in [6, 6.07) is 5.73. The monoisotopic (exact) mass is 286 g/mol. The third-order valence-electron chi connectivity index (χ3n) is 2.09. The maximum absolute atomic E-state index is 11.1. The summed E-state index contributed by atoms with van der Waals surface area (Å²) in [4.78, 5) is 11.1. The minimum atomic E-state index is -0.158. The van der Waals surface area contributed by atoms with Crippen LogP contribution in [-0.4, -0.2) is 26.1 Å². The quantitative estimate of drug-likeness (QED) is 0.851. The first-order chi connectivity index (χ1) is 7.69. The van der Waals surface area contributed by atoms with E-state index in [1.807, 2.05) is 18.2 Å². The molecule has 0 spiro atoms. The molecule has 0 fully saturated rings. The molecule has 0 saturated heterocycles. The Hall–Kier alpha value is -1.07. The van der Waals surface area contributed by atoms with Crippen molar-refractivity contribution in [1.82, 2.24) is 5.32 Å². The average Bonchev–Trinajstić information content (AvgIpc) is 2.28. The second-order valence-electron chi connectivity index (χ2n) is 3.23. The van der Waals surface area contributed by atoms with Gasteiger partial charge in [0.05, 0.1) is 4.47 Å². The van der Waals surface area contributed by atoms with Gasteiger partial charge in [0.2, 0.25) is 0 Å². The highest BCUT2D eigenvalue weighted by molar-refractivity contribution is 9.10. The van der Waals surface area contributed by atoms with Crippen molar-refractivity contribution in [2.24, 2.45) is 5.73 Å². The molecule has 16 heavy (non-hydrogen) atoms. The van der Waals surface area contributed by atoms with Gasteiger partial charge in [-0.05, 0) is 40.5 Å². The van der Waals surface area contributed by atoms with Crippen LogP contribution in [0.1, 0.15) is 5.56 Å². The van der Waals surface area contributed by atoms with Crippen LogP contribution in [0.15, 0.2) is 22.7 Å². The Labute approximate surface area is 103 Å². The van der Waals surface area contributed by atoms with Crippen molar-refractivity contribution in [3.05, 3.63) is 28.2 Å². The second kappa shape index (κ2) is 6.50. The fourth-order valence-electron chi connectivity index (χ4n) is 1.28. The van der Waals surface area contributed by atoms with Crippen LogP contribution >= 0.6 is 15.9 Å². The van der Waals surface area contributed by atoms with E-state index in [2.05, 4.69) is 21.2 Å². The van der Waals surface area contributed by atoms with E-state index in [0.29, 0.717) is 12.3 Å². The topological polar surface area (TPSA) is 64.3 Å². The predicted molar refractivity (Wildman–Crippen MR) is 66.5 cm³/mol. The van der Waals surface area contributed by atoms with Gasteiger partial charge >= 0.3 is 0 Å². The zero-order chi connectivity index (χ0) is 12.0. The standard InChI is InChI=1S/C11H15BrN2O2/c1-14-10(15)7-16-11-8(5-6-13)3-2-4-9(11)12/h2-4H,5-7,13H2,1H3,(H,14,15). The number of hydrogen-bond acceptors (Lipinski definition) is 3. The number of nitrogens with one attached hydrogen (secondary N) is 1. The van der Waals surface area contributed by atoms with Gasteiger partial charge in [-0.25, -0.2) is 0 Å². The van der Waals surface area contributed by atoms with E-state index in [9.17, 15) is 4.79 Å². The number of ether oxygens (including phenoxy) is 1. The number of benzene rings is 1. The number of para-hydroxylation sites is 1. The summed E-state index contributed by atoms with van der Waals surface area (Å²) >= 11 is 3.39. The van der Waals surface area contributed by atoms with Crippen LogP contribution in [0.25, 0.3) is 0 Å². The Morgan fingerprint density at radius 3 is 2.94 bits per heavy atom. The zero-order valence-electron chi connectivity index (χ0n) is 9.13. The zero-order valence-corrected chi connectivity index (χ0v) is 10.7. The molecule has 88 valence electrons. The number of hydrogen-bond donors (Lipinski definition) is 2. The maximum atomic E-state index is 11.1. The molecule has 0 bridgehead atoms. The van der Waals surface area contributed by atoms with Gasteiger partial charge in [-0.1, -0.05) is 12.1 Å². The van der Waals surface area contributed by atoms with E-state index in [1.165, 1.54) is 0 Å². The summed E-state index contributed by atoms with van der Waals surface area (Å²) in [6.45, 7) is 0.559. The molecule has 0 radical (unpaired) electrons. The Bertz CT molecular complexity index is 369. The molecular formula is C11H15BrN2O2. The normalized spacial score (nSPS) is 9.94. The van der Waals surface area contributed by atoms with Crippen molar-refractivity contribution in [3.63, 3.8) is 0 Å². The molecule has 0 heterocycles. The number of carbonyl (C=O) groups is 1. The first-order valence-electron chi connectivity index (χ1n) is 5.00. The smallest absolute Gasteiger partial charge is 0.257 e. The van der Waals surface area contributed by atoms with Crippen LogP contribution in [0.3, 0.4) is 0 Å². The van der Waals surface area contributed by atoms with Gasteiger partial charge in [-0.2, -0.15) is 0 Å². The number of carbonyl (C=O) groups excluding carboxylic acids is 1. The Balaban J connectivity index is 2.79. The van der Waals surface area contributed by atoms with Gasteiger partial charge < -0.3 is 15.8 Å². The SMILES string of the molecule is CNC(=O)COc1c(Br)cccc1CCN. The Morgan fingerprint density at radius 2 is 2.31 bits per heavy atom. The summed E-state index contributed by atoms with van der Waals surface area (Å²) in [7, 11) is 1.58. The summed E-state index contributed by atoms with van der Waals surface area (Å²) in [5.74, 6) is 0.533. The molecule has 1 aromatic rings. The highest BCUT2D eigenvalue weighted by Gasteiger charge is 2.09. The van der Waals surface area contributed by atoms with E-state index in [0.717, 1.165) is 16.5 Å². The molecule has 1 aromatic carbocycles. The number of amides is 1. The molecule has 1 amide bonds. The molecule has 3 N–H and O–H groups in total. The van der Waals surface area contributed by atoms with Crippen LogP contribution in [0.4, 0.5) is 0 Å². The van der Waals surface area contributed by atoms with E-state index < -0.39 is 0 Å². The van der Waals surface area contributed by atoms with Crippen LogP contribution in [-0.2, 0) is 11.2 Å². The summed E-state index contributed by atoms with van der Waals surface area (Å²) in [5.41, 5.74) is 6.51. The molecule has 5 heteroatoms. The van der Waals surface area contributed by atoms with Crippen LogP contribution in [0, 0.1) is 0 Å². The lowest BCUT2D eigenvalue weighted by molar-refractivity contribution is -0.122. The van der Waals surface area contributed by atoms with Crippen LogP contribution in [0.2, 0.25) is 0 Å². The number of halogens is 1. The van der Waals surface area contributed by atoms with Crippen LogP contribution < -0.4 is 15.8 Å². The lowest BCUT2D eigenvalue weighted by Gasteiger charge is -2.12. The molecule has 0 aromatic heterocycles. The lowest BCUT2D eigenvalue weighted by atomic mass is 10.1. The molecule has 0 atom stereocenters. The summed E-state index contributed by atoms with van der Waals surface area (Å²) < 4.78 is 6.29. The highest BCUT2D eigenvalue weighted by atomic mass is 79.9. The van der Waals surface area contributed by atoms with Gasteiger partial charge in [0, 0.05) is 7.05 Å². The fourth-order valence-corrected chi connectivity index (χ4v) is 1.80. The molecule has 0 aliphatic carbocycles. The van der Waals surface area contributed by atoms with Crippen molar-refractivity contribution < 1.29 is 9.53 Å². The lowest BCUT2D eigenvalue weighted by Crippen LogP contribution is -2.25. The first-order valence-corrected chi connectivity index (χ1v) is 5.79. The van der Waals surface area contributed by atoms with Gasteiger partial charge in [0.25, 0.3) is 5.91 Å². The van der Waals surface area contributed by atoms with Crippen LogP contribution in [0.5, 0.6) is 5.75 Å². The number of likely N-dealkylation sites (N-methyl/N-ethyl adjacent to an activating group) is 1. The summed E-state index contributed by atoms with van der Waals surface area (Å²) in [6.07, 6.45) is 0.725. The largest absolute Gasteiger partial charge is 0.482 e. The molecule has 4 nitrogen and oxygen atoms in total. The van der Waals surface area contributed by atoms with E-state index >= 15 is 0 Å². The highest BCUT2D eigenvalue weighted by Crippen LogP contribution is 2.29. The van der Waals surface area contributed by atoms with E-state index in [1.54, 1.807) is 7.05 Å². The number of rotatable bonds is 5. The average molecular weight is 287 g/mol. The third-order valence-corrected chi connectivity index (χ3v) is 2.71. The van der Waals surface area contributed by atoms with Gasteiger partial charge in [0.15, 0.2) is 6.61 Å². The van der Waals surface area contributed by atoms with E-state index in [4.69, 9.17) is 10.5 Å². The molecule has 0 saturated carbocycles. The Kier molecular flexibility index (Phi) is 5.28. The fraction of sp³-hybridized carbons (Fsp3) is 0.364. The van der Waals surface area contributed by atoms with Crippen molar-refractivity contribution in [1.29, 1.82) is 0 Å². The number of nitrogens with two attached hydrogens (primary N) is 1. The van der Waals surface area contributed by atoms with Crippen molar-refractivity contribution in [3.8, 4) is 5.75 Å². The van der Waals surface area contributed by atoms with Crippen molar-refractivity contribution in [2.75, 3.05) is 20.2 Å². The Morgan fingerprint density at radius 1 is 1.56 bits per heavy atom. The molecule has 1 rings (SSSR count). The first kappa shape index (κ1) is 13.0. The van der Waals surface area contributed by atoms with Crippen molar-refractivity contribution >= 4 is 21.8 Å².